The van der Waals surface area contributed by atoms with Crippen molar-refractivity contribution in [2.24, 2.45) is 5.92 Å². The molecule has 3 nitrogen and oxygen atoms in total. The van der Waals surface area contributed by atoms with Gasteiger partial charge in [-0.25, -0.2) is 0 Å². The molecule has 0 spiro atoms. The van der Waals surface area contributed by atoms with Gasteiger partial charge in [-0.3, -0.25) is 4.79 Å². The quantitative estimate of drug-likeness (QED) is 0.835. The molecule has 1 aromatic carbocycles. The summed E-state index contributed by atoms with van der Waals surface area (Å²) in [6.07, 6.45) is 3.86. The molecule has 1 saturated carbocycles. The molecule has 1 atom stereocenters. The molecule has 1 saturated heterocycles. The van der Waals surface area contributed by atoms with Crippen LogP contribution in [-0.2, 0) is 16.0 Å². The van der Waals surface area contributed by atoms with Crippen LogP contribution in [0.4, 0.5) is 0 Å². The van der Waals surface area contributed by atoms with E-state index in [2.05, 4.69) is 4.90 Å². The zero-order valence-electron chi connectivity index (χ0n) is 11.6. The second-order valence-corrected chi connectivity index (χ2v) is 6.25. The summed E-state index contributed by atoms with van der Waals surface area (Å²) in [7, 11) is 0. The Kier molecular flexibility index (Phi) is 4.27. The minimum absolute atomic E-state index is 0.238. The van der Waals surface area contributed by atoms with Crippen LogP contribution in [0.2, 0.25) is 5.02 Å². The fourth-order valence-electron chi connectivity index (χ4n) is 2.72. The first-order valence-electron chi connectivity index (χ1n) is 7.34. The number of carbonyl (C=O) groups is 1. The number of hydrogen-bond donors (Lipinski definition) is 0. The average molecular weight is 294 g/mol. The number of hydrogen-bond acceptors (Lipinski definition) is 2. The van der Waals surface area contributed by atoms with Crippen molar-refractivity contribution in [1.82, 2.24) is 4.90 Å². The van der Waals surface area contributed by atoms with Gasteiger partial charge in [-0.2, -0.15) is 0 Å². The van der Waals surface area contributed by atoms with E-state index < -0.39 is 0 Å². The molecule has 1 heterocycles. The summed E-state index contributed by atoms with van der Waals surface area (Å²) in [5.74, 6) is 0.756. The molecule has 0 bridgehead atoms. The Bertz CT molecular complexity index is 464. The van der Waals surface area contributed by atoms with Crippen molar-refractivity contribution in [2.75, 3.05) is 19.8 Å². The van der Waals surface area contributed by atoms with Gasteiger partial charge in [0.15, 0.2) is 0 Å². The lowest BCUT2D eigenvalue weighted by Crippen LogP contribution is -2.38. The first-order chi connectivity index (χ1) is 9.72. The molecule has 3 rings (SSSR count). The van der Waals surface area contributed by atoms with Gasteiger partial charge < -0.3 is 9.64 Å². The SMILES string of the molecule is O=C(Cc1ccc(Cl)cc1)N(CC1CCOC1)C1CC1. The highest BCUT2D eigenvalue weighted by Gasteiger charge is 2.34. The molecule has 0 aromatic heterocycles. The zero-order chi connectivity index (χ0) is 13.9. The molecule has 1 aliphatic carbocycles. The van der Waals surface area contributed by atoms with Crippen LogP contribution in [0.1, 0.15) is 24.8 Å². The smallest absolute Gasteiger partial charge is 0.227 e. The normalized spacial score (nSPS) is 21.9. The monoisotopic (exact) mass is 293 g/mol. The van der Waals surface area contributed by atoms with E-state index in [1.54, 1.807) is 0 Å². The number of nitrogens with zero attached hydrogens (tertiary/aromatic N) is 1. The maximum atomic E-state index is 12.5. The molecule has 1 amide bonds. The maximum Gasteiger partial charge on any atom is 0.227 e. The van der Waals surface area contributed by atoms with E-state index in [1.165, 1.54) is 0 Å². The minimum atomic E-state index is 0.238. The zero-order valence-corrected chi connectivity index (χ0v) is 12.3. The summed E-state index contributed by atoms with van der Waals surface area (Å²) in [6, 6.07) is 8.02. The van der Waals surface area contributed by atoms with Gasteiger partial charge in [0, 0.05) is 30.1 Å². The molecule has 1 aliphatic heterocycles. The third-order valence-electron chi connectivity index (χ3n) is 4.06. The molecule has 1 unspecified atom stereocenters. The van der Waals surface area contributed by atoms with Crippen LogP contribution in [-0.4, -0.2) is 36.6 Å². The van der Waals surface area contributed by atoms with Gasteiger partial charge in [0.25, 0.3) is 0 Å². The molecule has 0 N–H and O–H groups in total. The first-order valence-corrected chi connectivity index (χ1v) is 7.72. The van der Waals surface area contributed by atoms with Gasteiger partial charge in [0.05, 0.1) is 13.0 Å². The lowest BCUT2D eigenvalue weighted by molar-refractivity contribution is -0.131. The maximum absolute atomic E-state index is 12.5. The number of halogens is 1. The highest BCUT2D eigenvalue weighted by molar-refractivity contribution is 6.30. The van der Waals surface area contributed by atoms with E-state index in [4.69, 9.17) is 16.3 Å². The van der Waals surface area contributed by atoms with E-state index in [9.17, 15) is 4.79 Å². The van der Waals surface area contributed by atoms with Crippen LogP contribution in [0.3, 0.4) is 0 Å². The van der Waals surface area contributed by atoms with E-state index in [0.717, 1.165) is 44.6 Å². The first kappa shape index (κ1) is 13.9. The van der Waals surface area contributed by atoms with Crippen LogP contribution >= 0.6 is 11.6 Å². The Balaban J connectivity index is 1.61. The number of amides is 1. The number of benzene rings is 1. The predicted octanol–water partition coefficient (Wildman–Crippen LogP) is 2.91. The van der Waals surface area contributed by atoms with Crippen molar-refractivity contribution in [2.45, 2.75) is 31.7 Å². The molecule has 0 radical (unpaired) electrons. The Labute approximate surface area is 124 Å². The topological polar surface area (TPSA) is 29.5 Å². The average Bonchev–Trinajstić information content (AvgIpc) is 3.15. The summed E-state index contributed by atoms with van der Waals surface area (Å²) in [5.41, 5.74) is 1.03. The van der Waals surface area contributed by atoms with E-state index in [0.29, 0.717) is 23.4 Å². The molecule has 20 heavy (non-hydrogen) atoms. The number of ether oxygens (including phenoxy) is 1. The van der Waals surface area contributed by atoms with Crippen molar-refractivity contribution in [3.8, 4) is 0 Å². The van der Waals surface area contributed by atoms with Gasteiger partial charge in [-0.1, -0.05) is 23.7 Å². The van der Waals surface area contributed by atoms with Crippen molar-refractivity contribution >= 4 is 17.5 Å². The molecule has 4 heteroatoms. The lowest BCUT2D eigenvalue weighted by atomic mass is 10.1. The standard InChI is InChI=1S/C16H20ClNO2/c17-14-3-1-12(2-4-14)9-16(19)18(15-5-6-15)10-13-7-8-20-11-13/h1-4,13,15H,5-11H2. The Morgan fingerprint density at radius 1 is 1.25 bits per heavy atom. The highest BCUT2D eigenvalue weighted by atomic mass is 35.5. The Morgan fingerprint density at radius 3 is 2.60 bits per heavy atom. The molecule has 2 aliphatic rings. The van der Waals surface area contributed by atoms with Gasteiger partial charge in [0.2, 0.25) is 5.91 Å². The summed E-state index contributed by atoms with van der Waals surface area (Å²) < 4.78 is 5.42. The van der Waals surface area contributed by atoms with Crippen LogP contribution in [0.15, 0.2) is 24.3 Å². The second-order valence-electron chi connectivity index (χ2n) is 5.81. The van der Waals surface area contributed by atoms with Gasteiger partial charge in [-0.15, -0.1) is 0 Å². The Morgan fingerprint density at radius 2 is 2.00 bits per heavy atom. The summed E-state index contributed by atoms with van der Waals surface area (Å²) in [6.45, 7) is 2.50. The summed E-state index contributed by atoms with van der Waals surface area (Å²) in [4.78, 5) is 14.6. The largest absolute Gasteiger partial charge is 0.381 e. The van der Waals surface area contributed by atoms with Gasteiger partial charge in [-0.05, 0) is 37.0 Å². The molecule has 108 valence electrons. The van der Waals surface area contributed by atoms with Crippen LogP contribution in [0.5, 0.6) is 0 Å². The van der Waals surface area contributed by atoms with E-state index in [-0.39, 0.29) is 5.91 Å². The summed E-state index contributed by atoms with van der Waals surface area (Å²) >= 11 is 5.88. The third kappa shape index (κ3) is 3.53. The predicted molar refractivity (Wildman–Crippen MR) is 78.8 cm³/mol. The fraction of sp³-hybridized carbons (Fsp3) is 0.562. The molecular weight excluding hydrogens is 274 g/mol. The number of rotatable bonds is 5. The van der Waals surface area contributed by atoms with Gasteiger partial charge >= 0.3 is 0 Å². The van der Waals surface area contributed by atoms with Crippen LogP contribution in [0.25, 0.3) is 0 Å². The van der Waals surface area contributed by atoms with Crippen molar-refractivity contribution in [3.05, 3.63) is 34.9 Å². The minimum Gasteiger partial charge on any atom is -0.381 e. The van der Waals surface area contributed by atoms with E-state index in [1.807, 2.05) is 24.3 Å². The van der Waals surface area contributed by atoms with Crippen molar-refractivity contribution < 1.29 is 9.53 Å². The molecule has 2 fully saturated rings. The van der Waals surface area contributed by atoms with Crippen molar-refractivity contribution in [1.29, 1.82) is 0 Å². The lowest BCUT2D eigenvalue weighted by Gasteiger charge is -2.25. The molecule has 1 aromatic rings. The van der Waals surface area contributed by atoms with Crippen LogP contribution in [0, 0.1) is 5.92 Å². The van der Waals surface area contributed by atoms with Gasteiger partial charge in [0.1, 0.15) is 0 Å². The Hall–Kier alpha value is -1.06. The molecular formula is C16H20ClNO2. The fourth-order valence-corrected chi connectivity index (χ4v) is 2.85. The number of carbonyl (C=O) groups excluding carboxylic acids is 1. The third-order valence-corrected chi connectivity index (χ3v) is 4.31. The van der Waals surface area contributed by atoms with Crippen LogP contribution < -0.4 is 0 Å². The van der Waals surface area contributed by atoms with E-state index >= 15 is 0 Å². The second kappa shape index (κ2) is 6.15. The highest BCUT2D eigenvalue weighted by Crippen LogP contribution is 2.29. The summed E-state index contributed by atoms with van der Waals surface area (Å²) in [5, 5.41) is 0.711. The van der Waals surface area contributed by atoms with Crippen molar-refractivity contribution in [3.63, 3.8) is 0 Å².